The van der Waals surface area contributed by atoms with Gasteiger partial charge in [0.25, 0.3) is 0 Å². The Hall–Kier alpha value is -0.0800. The first-order valence-corrected chi connectivity index (χ1v) is 5.04. The Bertz CT molecular complexity index is 110. The molecule has 2 heteroatoms. The van der Waals surface area contributed by atoms with E-state index in [2.05, 4.69) is 20.8 Å². The second kappa shape index (κ2) is 5.55. The van der Waals surface area contributed by atoms with Crippen LogP contribution in [0, 0.1) is 5.92 Å². The van der Waals surface area contributed by atoms with E-state index in [1.54, 1.807) is 0 Å². The van der Waals surface area contributed by atoms with Gasteiger partial charge in [-0.25, -0.2) is 0 Å². The van der Waals surface area contributed by atoms with Crippen LogP contribution >= 0.6 is 0 Å². The van der Waals surface area contributed by atoms with Gasteiger partial charge in [0.05, 0.1) is 0 Å². The molecule has 0 saturated heterocycles. The standard InChI is InChI=1S/C10H23NO/c1-4-9(7-8-12)10(11,5-2)6-3/h9,12H,4-8,11H2,1-3H3. The molecule has 0 aromatic rings. The molecule has 0 saturated carbocycles. The third kappa shape index (κ3) is 2.76. The lowest BCUT2D eigenvalue weighted by molar-refractivity contribution is 0.180. The molecule has 0 spiro atoms. The summed E-state index contributed by atoms with van der Waals surface area (Å²) < 4.78 is 0. The van der Waals surface area contributed by atoms with Crippen LogP contribution in [0.1, 0.15) is 46.5 Å². The van der Waals surface area contributed by atoms with Crippen molar-refractivity contribution in [1.82, 2.24) is 0 Å². The number of rotatable bonds is 6. The molecule has 0 heterocycles. The molecule has 1 unspecified atom stereocenters. The second-order valence-corrected chi connectivity index (χ2v) is 3.56. The highest BCUT2D eigenvalue weighted by Crippen LogP contribution is 2.27. The van der Waals surface area contributed by atoms with Gasteiger partial charge in [-0.15, -0.1) is 0 Å². The van der Waals surface area contributed by atoms with Gasteiger partial charge in [0, 0.05) is 12.1 Å². The summed E-state index contributed by atoms with van der Waals surface area (Å²) in [6, 6.07) is 0. The molecule has 0 rings (SSSR count). The SMILES string of the molecule is CCC(CCO)C(N)(CC)CC. The van der Waals surface area contributed by atoms with Crippen molar-refractivity contribution in [2.24, 2.45) is 11.7 Å². The van der Waals surface area contributed by atoms with Gasteiger partial charge in [0.2, 0.25) is 0 Å². The summed E-state index contributed by atoms with van der Waals surface area (Å²) in [6.07, 6.45) is 3.91. The summed E-state index contributed by atoms with van der Waals surface area (Å²) in [4.78, 5) is 0. The lowest BCUT2D eigenvalue weighted by Gasteiger charge is -2.35. The van der Waals surface area contributed by atoms with Crippen molar-refractivity contribution in [1.29, 1.82) is 0 Å². The summed E-state index contributed by atoms with van der Waals surface area (Å²) in [5, 5.41) is 8.87. The van der Waals surface area contributed by atoms with Crippen LogP contribution in [0.5, 0.6) is 0 Å². The Kier molecular flexibility index (Phi) is 5.51. The van der Waals surface area contributed by atoms with Gasteiger partial charge in [-0.3, -0.25) is 0 Å². The molecule has 74 valence electrons. The summed E-state index contributed by atoms with van der Waals surface area (Å²) in [7, 11) is 0. The fourth-order valence-electron chi connectivity index (χ4n) is 1.88. The first-order valence-electron chi connectivity index (χ1n) is 5.04. The van der Waals surface area contributed by atoms with Crippen molar-refractivity contribution in [3.05, 3.63) is 0 Å². The third-order valence-electron chi connectivity index (χ3n) is 3.10. The van der Waals surface area contributed by atoms with Gasteiger partial charge in [-0.1, -0.05) is 27.2 Å². The predicted octanol–water partition coefficient (Wildman–Crippen LogP) is 1.91. The second-order valence-electron chi connectivity index (χ2n) is 3.56. The van der Waals surface area contributed by atoms with Crippen molar-refractivity contribution in [2.45, 2.75) is 52.0 Å². The van der Waals surface area contributed by atoms with Crippen LogP contribution in [0.3, 0.4) is 0 Å². The number of hydrogen-bond donors (Lipinski definition) is 2. The largest absolute Gasteiger partial charge is 0.396 e. The minimum absolute atomic E-state index is 0.0581. The molecule has 0 aliphatic heterocycles. The highest BCUT2D eigenvalue weighted by molar-refractivity contribution is 4.87. The maximum absolute atomic E-state index is 8.87. The molecular formula is C10H23NO. The van der Waals surface area contributed by atoms with Crippen molar-refractivity contribution in [3.8, 4) is 0 Å². The van der Waals surface area contributed by atoms with Gasteiger partial charge in [-0.05, 0) is 25.2 Å². The molecule has 0 aliphatic rings. The number of aliphatic hydroxyl groups is 1. The lowest BCUT2D eigenvalue weighted by atomic mass is 9.77. The zero-order valence-corrected chi connectivity index (χ0v) is 8.64. The minimum Gasteiger partial charge on any atom is -0.396 e. The minimum atomic E-state index is -0.0581. The maximum Gasteiger partial charge on any atom is 0.0434 e. The van der Waals surface area contributed by atoms with Crippen molar-refractivity contribution in [2.75, 3.05) is 6.61 Å². The van der Waals surface area contributed by atoms with E-state index < -0.39 is 0 Å². The highest BCUT2D eigenvalue weighted by atomic mass is 16.3. The molecule has 3 N–H and O–H groups in total. The van der Waals surface area contributed by atoms with Gasteiger partial charge in [-0.2, -0.15) is 0 Å². The van der Waals surface area contributed by atoms with Crippen molar-refractivity contribution < 1.29 is 5.11 Å². The highest BCUT2D eigenvalue weighted by Gasteiger charge is 2.29. The molecule has 0 bridgehead atoms. The lowest BCUT2D eigenvalue weighted by Crippen LogP contribution is -2.46. The van der Waals surface area contributed by atoms with E-state index >= 15 is 0 Å². The first kappa shape index (κ1) is 11.9. The summed E-state index contributed by atoms with van der Waals surface area (Å²) >= 11 is 0. The molecule has 0 fully saturated rings. The Morgan fingerprint density at radius 1 is 1.25 bits per heavy atom. The number of nitrogens with two attached hydrogens (primary N) is 1. The molecule has 0 radical (unpaired) electrons. The Balaban J connectivity index is 4.21. The molecule has 2 nitrogen and oxygen atoms in total. The van der Waals surface area contributed by atoms with Crippen LogP contribution in [-0.2, 0) is 0 Å². The zero-order valence-electron chi connectivity index (χ0n) is 8.64. The molecule has 0 aromatic heterocycles. The summed E-state index contributed by atoms with van der Waals surface area (Å²) in [5.74, 6) is 0.470. The quantitative estimate of drug-likeness (QED) is 0.644. The Morgan fingerprint density at radius 2 is 1.75 bits per heavy atom. The van der Waals surface area contributed by atoms with Crippen LogP contribution in [0.2, 0.25) is 0 Å². The van der Waals surface area contributed by atoms with E-state index in [1.165, 1.54) is 0 Å². The predicted molar refractivity (Wildman–Crippen MR) is 53.0 cm³/mol. The van der Waals surface area contributed by atoms with E-state index in [0.717, 1.165) is 25.7 Å². The Labute approximate surface area is 76.2 Å². The van der Waals surface area contributed by atoms with Crippen LogP contribution in [0.25, 0.3) is 0 Å². The van der Waals surface area contributed by atoms with E-state index in [0.29, 0.717) is 5.92 Å². The zero-order chi connectivity index (χ0) is 9.61. The average molecular weight is 173 g/mol. The fraction of sp³-hybridized carbons (Fsp3) is 1.00. The smallest absolute Gasteiger partial charge is 0.0434 e. The molecular weight excluding hydrogens is 150 g/mol. The first-order chi connectivity index (χ1) is 5.64. The van der Waals surface area contributed by atoms with E-state index in [1.807, 2.05) is 0 Å². The summed E-state index contributed by atoms with van der Waals surface area (Å²) in [5.41, 5.74) is 6.17. The van der Waals surface area contributed by atoms with Crippen molar-refractivity contribution >= 4 is 0 Å². The van der Waals surface area contributed by atoms with Crippen LogP contribution in [0.15, 0.2) is 0 Å². The third-order valence-corrected chi connectivity index (χ3v) is 3.10. The average Bonchev–Trinajstić information content (AvgIpc) is 2.13. The van der Waals surface area contributed by atoms with Gasteiger partial charge in [0.15, 0.2) is 0 Å². The van der Waals surface area contributed by atoms with E-state index in [4.69, 9.17) is 10.8 Å². The maximum atomic E-state index is 8.87. The van der Waals surface area contributed by atoms with Gasteiger partial charge >= 0.3 is 0 Å². The van der Waals surface area contributed by atoms with E-state index in [9.17, 15) is 0 Å². The molecule has 1 atom stereocenters. The fourth-order valence-corrected chi connectivity index (χ4v) is 1.88. The number of hydrogen-bond acceptors (Lipinski definition) is 2. The van der Waals surface area contributed by atoms with Gasteiger partial charge < -0.3 is 10.8 Å². The topological polar surface area (TPSA) is 46.2 Å². The number of aliphatic hydroxyl groups excluding tert-OH is 1. The monoisotopic (exact) mass is 173 g/mol. The van der Waals surface area contributed by atoms with Crippen LogP contribution in [0.4, 0.5) is 0 Å². The Morgan fingerprint density at radius 3 is 2.00 bits per heavy atom. The molecule has 12 heavy (non-hydrogen) atoms. The van der Waals surface area contributed by atoms with E-state index in [-0.39, 0.29) is 12.1 Å². The van der Waals surface area contributed by atoms with Crippen molar-refractivity contribution in [3.63, 3.8) is 0 Å². The van der Waals surface area contributed by atoms with Crippen LogP contribution in [-0.4, -0.2) is 17.3 Å². The van der Waals surface area contributed by atoms with Gasteiger partial charge in [0.1, 0.15) is 0 Å². The van der Waals surface area contributed by atoms with Crippen LogP contribution < -0.4 is 5.73 Å². The molecule has 0 aromatic carbocycles. The summed E-state index contributed by atoms with van der Waals surface area (Å²) in [6.45, 7) is 6.66. The molecule has 0 amide bonds. The normalized spacial score (nSPS) is 14.8. The molecule has 0 aliphatic carbocycles.